The molecule has 0 aliphatic rings. The maximum atomic E-state index is 11.8. The molecule has 0 bridgehead atoms. The van der Waals surface area contributed by atoms with Crippen molar-refractivity contribution >= 4 is 28.2 Å². The molecule has 0 unspecified atom stereocenters. The standard InChI is InChI=1S/C15H16N2O2S/c1-10-3-5-12(6-4-10)7-8-14(19)17-15-16-13(9-20-15)11(2)18/h3-6,9H,7-8H2,1-2H3,(H,16,17,19). The summed E-state index contributed by atoms with van der Waals surface area (Å²) < 4.78 is 0. The number of benzene rings is 1. The summed E-state index contributed by atoms with van der Waals surface area (Å²) in [7, 11) is 0. The van der Waals surface area contributed by atoms with E-state index in [0.29, 0.717) is 23.7 Å². The first-order valence-corrected chi connectivity index (χ1v) is 7.24. The van der Waals surface area contributed by atoms with Gasteiger partial charge in [-0.2, -0.15) is 0 Å². The van der Waals surface area contributed by atoms with Crippen LogP contribution < -0.4 is 5.32 Å². The molecule has 1 aromatic heterocycles. The minimum Gasteiger partial charge on any atom is -0.302 e. The van der Waals surface area contributed by atoms with Crippen molar-refractivity contribution in [1.29, 1.82) is 0 Å². The third-order valence-electron chi connectivity index (χ3n) is 2.87. The molecule has 5 heteroatoms. The first-order chi connectivity index (χ1) is 9.54. The zero-order valence-corrected chi connectivity index (χ0v) is 12.3. The summed E-state index contributed by atoms with van der Waals surface area (Å²) in [6, 6.07) is 8.13. The second kappa shape index (κ2) is 6.43. The molecule has 0 spiro atoms. The van der Waals surface area contributed by atoms with Crippen molar-refractivity contribution < 1.29 is 9.59 Å². The molecule has 0 aliphatic carbocycles. The number of carbonyl (C=O) groups is 2. The summed E-state index contributed by atoms with van der Waals surface area (Å²) in [4.78, 5) is 27.0. The highest BCUT2D eigenvalue weighted by Gasteiger charge is 2.09. The number of aromatic nitrogens is 1. The third-order valence-corrected chi connectivity index (χ3v) is 3.63. The average molecular weight is 288 g/mol. The summed E-state index contributed by atoms with van der Waals surface area (Å²) in [5.74, 6) is -0.184. The number of nitrogens with zero attached hydrogens (tertiary/aromatic N) is 1. The fourth-order valence-corrected chi connectivity index (χ4v) is 2.45. The van der Waals surface area contributed by atoms with E-state index in [4.69, 9.17) is 0 Å². The Balaban J connectivity index is 1.85. The first kappa shape index (κ1) is 14.4. The number of amides is 1. The van der Waals surface area contributed by atoms with Gasteiger partial charge in [-0.3, -0.25) is 9.59 Å². The molecule has 0 fully saturated rings. The summed E-state index contributed by atoms with van der Waals surface area (Å²) in [6.45, 7) is 3.49. The van der Waals surface area contributed by atoms with Crippen LogP contribution in [-0.4, -0.2) is 16.7 Å². The summed E-state index contributed by atoms with van der Waals surface area (Å²) >= 11 is 1.27. The van der Waals surface area contributed by atoms with Gasteiger partial charge in [-0.25, -0.2) is 4.98 Å². The number of aryl methyl sites for hydroxylation is 2. The maximum Gasteiger partial charge on any atom is 0.226 e. The van der Waals surface area contributed by atoms with Gasteiger partial charge in [0.2, 0.25) is 5.91 Å². The average Bonchev–Trinajstić information content (AvgIpc) is 2.87. The number of ketones is 1. The van der Waals surface area contributed by atoms with Crippen LogP contribution >= 0.6 is 11.3 Å². The van der Waals surface area contributed by atoms with Crippen LogP contribution in [0.3, 0.4) is 0 Å². The zero-order chi connectivity index (χ0) is 14.5. The fourth-order valence-electron chi connectivity index (χ4n) is 1.69. The number of nitrogens with one attached hydrogen (secondary N) is 1. The highest BCUT2D eigenvalue weighted by molar-refractivity contribution is 7.14. The van der Waals surface area contributed by atoms with Gasteiger partial charge in [-0.15, -0.1) is 11.3 Å². The number of Topliss-reactive ketones (excluding diaryl/α,β-unsaturated/α-hetero) is 1. The number of hydrogen-bond acceptors (Lipinski definition) is 4. The summed E-state index contributed by atoms with van der Waals surface area (Å²) in [5.41, 5.74) is 2.73. The summed E-state index contributed by atoms with van der Waals surface area (Å²) in [5, 5.41) is 4.84. The van der Waals surface area contributed by atoms with Gasteiger partial charge in [0.15, 0.2) is 10.9 Å². The third kappa shape index (κ3) is 3.99. The molecular formula is C15H16N2O2S. The van der Waals surface area contributed by atoms with Crippen LogP contribution in [0.1, 0.15) is 35.0 Å². The molecule has 104 valence electrons. The number of thiazole rings is 1. The van der Waals surface area contributed by atoms with E-state index in [1.54, 1.807) is 5.38 Å². The number of rotatable bonds is 5. The molecule has 2 rings (SSSR count). The lowest BCUT2D eigenvalue weighted by molar-refractivity contribution is -0.116. The largest absolute Gasteiger partial charge is 0.302 e. The fraction of sp³-hybridized carbons (Fsp3) is 0.267. The zero-order valence-electron chi connectivity index (χ0n) is 11.5. The second-order valence-corrected chi connectivity index (χ2v) is 5.49. The molecule has 20 heavy (non-hydrogen) atoms. The Bertz CT molecular complexity index is 617. The molecule has 1 heterocycles. The molecular weight excluding hydrogens is 272 g/mol. The molecule has 1 N–H and O–H groups in total. The van der Waals surface area contributed by atoms with Crippen LogP contribution in [0.5, 0.6) is 0 Å². The van der Waals surface area contributed by atoms with E-state index in [1.165, 1.54) is 23.8 Å². The van der Waals surface area contributed by atoms with Crippen LogP contribution in [0, 0.1) is 6.92 Å². The van der Waals surface area contributed by atoms with Crippen molar-refractivity contribution in [2.24, 2.45) is 0 Å². The molecule has 4 nitrogen and oxygen atoms in total. The smallest absolute Gasteiger partial charge is 0.226 e. The van der Waals surface area contributed by atoms with Gasteiger partial charge in [0, 0.05) is 18.7 Å². The minimum absolute atomic E-state index is 0.0879. The lowest BCUT2D eigenvalue weighted by atomic mass is 10.1. The quantitative estimate of drug-likeness (QED) is 0.859. The van der Waals surface area contributed by atoms with Crippen molar-refractivity contribution in [2.75, 3.05) is 5.32 Å². The van der Waals surface area contributed by atoms with Gasteiger partial charge in [-0.05, 0) is 18.9 Å². The molecule has 1 amide bonds. The Hall–Kier alpha value is -2.01. The second-order valence-electron chi connectivity index (χ2n) is 4.63. The van der Waals surface area contributed by atoms with E-state index in [0.717, 1.165) is 5.56 Å². The lowest BCUT2D eigenvalue weighted by Crippen LogP contribution is -2.12. The van der Waals surface area contributed by atoms with Crippen molar-refractivity contribution in [3.05, 3.63) is 46.5 Å². The maximum absolute atomic E-state index is 11.8. The van der Waals surface area contributed by atoms with Crippen LogP contribution in [0.15, 0.2) is 29.6 Å². The van der Waals surface area contributed by atoms with Crippen LogP contribution in [-0.2, 0) is 11.2 Å². The molecule has 0 saturated carbocycles. The van der Waals surface area contributed by atoms with E-state index in [9.17, 15) is 9.59 Å². The van der Waals surface area contributed by atoms with Gasteiger partial charge in [0.05, 0.1) is 0 Å². The van der Waals surface area contributed by atoms with Crippen LogP contribution in [0.25, 0.3) is 0 Å². The van der Waals surface area contributed by atoms with Crippen LogP contribution in [0.4, 0.5) is 5.13 Å². The highest BCUT2D eigenvalue weighted by Crippen LogP contribution is 2.16. The van der Waals surface area contributed by atoms with E-state index in [1.807, 2.05) is 31.2 Å². The van der Waals surface area contributed by atoms with Crippen molar-refractivity contribution in [3.63, 3.8) is 0 Å². The number of anilines is 1. The molecule has 0 saturated heterocycles. The molecule has 1 aromatic carbocycles. The monoisotopic (exact) mass is 288 g/mol. The highest BCUT2D eigenvalue weighted by atomic mass is 32.1. The van der Waals surface area contributed by atoms with Crippen molar-refractivity contribution in [1.82, 2.24) is 4.98 Å². The normalized spacial score (nSPS) is 10.3. The van der Waals surface area contributed by atoms with Gasteiger partial charge >= 0.3 is 0 Å². The Morgan fingerprint density at radius 3 is 2.55 bits per heavy atom. The Labute approximate surface area is 121 Å². The van der Waals surface area contributed by atoms with Crippen molar-refractivity contribution in [3.8, 4) is 0 Å². The lowest BCUT2D eigenvalue weighted by Gasteiger charge is -2.02. The van der Waals surface area contributed by atoms with E-state index < -0.39 is 0 Å². The van der Waals surface area contributed by atoms with Gasteiger partial charge < -0.3 is 5.32 Å². The predicted octanol–water partition coefficient (Wildman–Crippen LogP) is 3.23. The SMILES string of the molecule is CC(=O)c1csc(NC(=O)CCc2ccc(C)cc2)n1. The Morgan fingerprint density at radius 2 is 1.95 bits per heavy atom. The molecule has 2 aromatic rings. The van der Waals surface area contributed by atoms with Crippen LogP contribution in [0.2, 0.25) is 0 Å². The van der Waals surface area contributed by atoms with Crippen molar-refractivity contribution in [2.45, 2.75) is 26.7 Å². The predicted molar refractivity (Wildman–Crippen MR) is 80.2 cm³/mol. The summed E-state index contributed by atoms with van der Waals surface area (Å²) in [6.07, 6.45) is 1.09. The van der Waals surface area contributed by atoms with Gasteiger partial charge in [0.1, 0.15) is 5.69 Å². The molecule has 0 aliphatic heterocycles. The van der Waals surface area contributed by atoms with E-state index in [-0.39, 0.29) is 11.7 Å². The molecule has 0 radical (unpaired) electrons. The Kier molecular flexibility index (Phi) is 4.63. The Morgan fingerprint density at radius 1 is 1.25 bits per heavy atom. The number of carbonyl (C=O) groups excluding carboxylic acids is 2. The topological polar surface area (TPSA) is 59.1 Å². The molecule has 0 atom stereocenters. The van der Waals surface area contributed by atoms with E-state index in [2.05, 4.69) is 10.3 Å². The van der Waals surface area contributed by atoms with E-state index >= 15 is 0 Å². The van der Waals surface area contributed by atoms with Gasteiger partial charge in [-0.1, -0.05) is 29.8 Å². The van der Waals surface area contributed by atoms with Gasteiger partial charge in [0.25, 0.3) is 0 Å². The first-order valence-electron chi connectivity index (χ1n) is 6.36. The minimum atomic E-state index is -0.0959. The number of hydrogen-bond donors (Lipinski definition) is 1.